The summed E-state index contributed by atoms with van der Waals surface area (Å²) in [7, 11) is 0. The van der Waals surface area contributed by atoms with Gasteiger partial charge in [0.25, 0.3) is 0 Å². The molecule has 0 saturated carbocycles. The Labute approximate surface area is 127 Å². The van der Waals surface area contributed by atoms with Gasteiger partial charge in [0.1, 0.15) is 0 Å². The maximum atomic E-state index is 11.4. The van der Waals surface area contributed by atoms with E-state index in [1.54, 1.807) is 5.01 Å². The number of carbonyl (C=O) groups is 1. The molecule has 5 heteroatoms. The molecule has 0 aliphatic carbocycles. The minimum atomic E-state index is -0.115. The number of nitrogens with zero attached hydrogens (tertiary/aromatic N) is 2. The Morgan fingerprint density at radius 3 is 2.38 bits per heavy atom. The normalized spacial score (nSPS) is 27.0. The van der Waals surface area contributed by atoms with Crippen molar-refractivity contribution in [1.82, 2.24) is 5.01 Å². The summed E-state index contributed by atoms with van der Waals surface area (Å²) >= 11 is 0. The molecule has 2 N–H and O–H groups in total. The molecule has 68 valence electrons. The first-order chi connectivity index (χ1) is 5.73. The zero-order valence-corrected chi connectivity index (χ0v) is 13.0. The van der Waals surface area contributed by atoms with Crippen LogP contribution in [-0.2, 0) is 4.79 Å². The van der Waals surface area contributed by atoms with Gasteiger partial charge in [0, 0.05) is 18.5 Å². The van der Waals surface area contributed by atoms with E-state index in [4.69, 9.17) is 5.84 Å². The summed E-state index contributed by atoms with van der Waals surface area (Å²) in [6.07, 6.45) is 2.73. The number of nitrogens with two attached hydrogens (primary N) is 1. The molecule has 2 aliphatic rings. The number of amides is 1. The summed E-state index contributed by atoms with van der Waals surface area (Å²) in [6.45, 7) is 2.39. The number of rotatable bonds is 0. The third-order valence-corrected chi connectivity index (χ3v) is 3.05. The van der Waals surface area contributed by atoms with Crippen LogP contribution in [0.5, 0.6) is 0 Å². The largest absolute Gasteiger partial charge is 1.00 e. The van der Waals surface area contributed by atoms with Gasteiger partial charge in [-0.3, -0.25) is 5.84 Å². The Morgan fingerprint density at radius 1 is 1.31 bits per heavy atom. The van der Waals surface area contributed by atoms with Crippen LogP contribution in [0.2, 0.25) is 0 Å². The minimum absolute atomic E-state index is 0. The molecule has 1 spiro atoms. The van der Waals surface area contributed by atoms with Gasteiger partial charge >= 0.3 is 58.2 Å². The first-order valence-electron chi connectivity index (χ1n) is 4.45. The quantitative estimate of drug-likeness (QED) is 0.476. The molecule has 0 bridgehead atoms. The first-order valence-corrected chi connectivity index (χ1v) is 4.45. The van der Waals surface area contributed by atoms with Crippen molar-refractivity contribution in [3.8, 4) is 0 Å². The van der Waals surface area contributed by atoms with Crippen LogP contribution in [0.4, 0.5) is 0 Å². The fourth-order valence-electron chi connectivity index (χ4n) is 2.06. The van der Waals surface area contributed by atoms with Crippen LogP contribution in [0.15, 0.2) is 0 Å². The van der Waals surface area contributed by atoms with Gasteiger partial charge in [0.2, 0.25) is 0 Å². The Hall–Kier alpha value is 1.20. The van der Waals surface area contributed by atoms with Crippen LogP contribution in [0.1, 0.15) is 19.3 Å². The Bertz CT molecular complexity index is 202. The molecule has 0 radical (unpaired) electrons. The van der Waals surface area contributed by atoms with Crippen LogP contribution in [0.25, 0.3) is 5.32 Å². The molecule has 0 aromatic heterocycles. The van der Waals surface area contributed by atoms with E-state index in [0.29, 0.717) is 0 Å². The van der Waals surface area contributed by atoms with E-state index < -0.39 is 0 Å². The van der Waals surface area contributed by atoms with Gasteiger partial charge in [-0.1, -0.05) is 6.42 Å². The molecule has 0 atom stereocenters. The van der Waals surface area contributed by atoms with Crippen LogP contribution < -0.4 is 64.0 Å². The van der Waals surface area contributed by atoms with Crippen molar-refractivity contribution in [1.29, 1.82) is 0 Å². The molecule has 4 nitrogen and oxygen atoms in total. The molecule has 2 rings (SSSR count). The van der Waals surface area contributed by atoms with E-state index in [-0.39, 0.29) is 69.5 Å². The van der Waals surface area contributed by atoms with Gasteiger partial charge in [-0.2, -0.15) is 0 Å². The van der Waals surface area contributed by atoms with Crippen molar-refractivity contribution in [2.75, 3.05) is 19.6 Å². The second-order valence-electron chi connectivity index (χ2n) is 3.75. The fourth-order valence-corrected chi connectivity index (χ4v) is 2.06. The first kappa shape index (κ1) is 12.3. The van der Waals surface area contributed by atoms with Crippen molar-refractivity contribution in [3.05, 3.63) is 5.32 Å². The van der Waals surface area contributed by atoms with Gasteiger partial charge in [-0.25, -0.2) is 5.01 Å². The molecule has 1 amide bonds. The zero-order valence-electron chi connectivity index (χ0n) is 8.12. The zero-order chi connectivity index (χ0) is 8.60. The average Bonchev–Trinajstić information content (AvgIpc) is 2.41. The van der Waals surface area contributed by atoms with E-state index in [9.17, 15) is 4.79 Å². The molecule has 0 aromatic rings. The molecule has 2 saturated heterocycles. The number of hydrogen-bond acceptors (Lipinski definition) is 3. The van der Waals surface area contributed by atoms with Crippen molar-refractivity contribution < 1.29 is 63.0 Å². The monoisotopic (exact) mass is 253 g/mol. The average molecular weight is 254 g/mol. The van der Waals surface area contributed by atoms with Crippen molar-refractivity contribution in [3.63, 3.8) is 0 Å². The standard InChI is InChI=1S/C8H15N3O.Rb/c9-11-5-2-8(3-6-11)1-4-10-7(8)12;/h1-6,9H2,(H,10,12);/q;+1/p-1. The Balaban J connectivity index is 0.000000845. The predicted molar refractivity (Wildman–Crippen MR) is 45.3 cm³/mol. The summed E-state index contributed by atoms with van der Waals surface area (Å²) in [6, 6.07) is 0. The number of hydrazine groups is 1. The molecule has 13 heavy (non-hydrogen) atoms. The second-order valence-corrected chi connectivity index (χ2v) is 3.75. The molecule has 0 aromatic carbocycles. The Morgan fingerprint density at radius 2 is 1.92 bits per heavy atom. The van der Waals surface area contributed by atoms with Crippen molar-refractivity contribution >= 4 is 5.91 Å². The summed E-state index contributed by atoms with van der Waals surface area (Å²) in [5, 5.41) is 5.73. The molecule has 2 aliphatic heterocycles. The SMILES string of the molecule is NN1CCC2(CC[N-]C2=O)CC1.[Rb+]. The fraction of sp³-hybridized carbons (Fsp3) is 0.875. The van der Waals surface area contributed by atoms with E-state index in [1.165, 1.54) is 0 Å². The molecule has 2 fully saturated rings. The maximum Gasteiger partial charge on any atom is 1.00 e. The summed E-state index contributed by atoms with van der Waals surface area (Å²) in [5.41, 5.74) is -0.115. The van der Waals surface area contributed by atoms with E-state index >= 15 is 0 Å². The van der Waals surface area contributed by atoms with Crippen LogP contribution in [0.3, 0.4) is 0 Å². The molecular formula is C8H14N3ORb. The Kier molecular flexibility index (Phi) is 4.54. The summed E-state index contributed by atoms with van der Waals surface area (Å²) in [4.78, 5) is 11.4. The predicted octanol–water partition coefficient (Wildman–Crippen LogP) is -2.75. The smallest absolute Gasteiger partial charge is 0.653 e. The van der Waals surface area contributed by atoms with Crippen LogP contribution in [0, 0.1) is 5.41 Å². The number of carbonyl (C=O) groups excluding carboxylic acids is 1. The van der Waals surface area contributed by atoms with E-state index in [1.807, 2.05) is 0 Å². The molecular weight excluding hydrogens is 240 g/mol. The van der Waals surface area contributed by atoms with Crippen LogP contribution in [-0.4, -0.2) is 30.6 Å². The number of piperidine rings is 1. The van der Waals surface area contributed by atoms with Crippen molar-refractivity contribution in [2.45, 2.75) is 19.3 Å². The van der Waals surface area contributed by atoms with Gasteiger partial charge in [0.15, 0.2) is 0 Å². The molecule has 2 heterocycles. The topological polar surface area (TPSA) is 60.4 Å². The van der Waals surface area contributed by atoms with Gasteiger partial charge in [0.05, 0.1) is 5.91 Å². The van der Waals surface area contributed by atoms with E-state index in [0.717, 1.165) is 38.9 Å². The van der Waals surface area contributed by atoms with Crippen LogP contribution >= 0.6 is 0 Å². The van der Waals surface area contributed by atoms with Gasteiger partial charge in [-0.15, -0.1) is 6.54 Å². The number of hydrogen-bond donors (Lipinski definition) is 1. The summed E-state index contributed by atoms with van der Waals surface area (Å²) in [5.74, 6) is 5.74. The van der Waals surface area contributed by atoms with Gasteiger partial charge in [-0.05, 0) is 12.8 Å². The maximum absolute atomic E-state index is 11.4. The van der Waals surface area contributed by atoms with Gasteiger partial charge < -0.3 is 10.1 Å². The third-order valence-electron chi connectivity index (χ3n) is 3.05. The molecule has 0 unspecified atom stereocenters. The van der Waals surface area contributed by atoms with E-state index in [2.05, 4.69) is 5.32 Å². The third kappa shape index (κ3) is 2.41. The minimum Gasteiger partial charge on any atom is -0.653 e. The van der Waals surface area contributed by atoms with Crippen molar-refractivity contribution in [2.24, 2.45) is 11.3 Å². The second kappa shape index (κ2) is 4.81. The summed E-state index contributed by atoms with van der Waals surface area (Å²) < 4.78 is 0.